The molecular weight excluding hydrogens is 288 g/mol. The van der Waals surface area contributed by atoms with Gasteiger partial charge in [-0.3, -0.25) is 4.79 Å². The van der Waals surface area contributed by atoms with Crippen molar-refractivity contribution in [3.63, 3.8) is 0 Å². The predicted molar refractivity (Wildman–Crippen MR) is 92.4 cm³/mol. The first kappa shape index (κ1) is 15.8. The lowest BCUT2D eigenvalue weighted by molar-refractivity contribution is -0.122. The quantitative estimate of drug-likeness (QED) is 0.806. The van der Waals surface area contributed by atoms with Crippen molar-refractivity contribution in [1.29, 1.82) is 0 Å². The van der Waals surface area contributed by atoms with Gasteiger partial charge in [0.15, 0.2) is 0 Å². The number of fused-ring (bicyclic) bond motifs is 1. The largest absolute Gasteiger partial charge is 0.491 e. The van der Waals surface area contributed by atoms with Gasteiger partial charge in [-0.1, -0.05) is 42.8 Å². The highest BCUT2D eigenvalue weighted by Crippen LogP contribution is 2.27. The van der Waals surface area contributed by atoms with Crippen molar-refractivity contribution in [2.75, 3.05) is 13.2 Å². The highest BCUT2D eigenvalue weighted by Gasteiger charge is 2.25. The number of amides is 1. The van der Waals surface area contributed by atoms with Gasteiger partial charge in [-0.25, -0.2) is 0 Å². The summed E-state index contributed by atoms with van der Waals surface area (Å²) in [6.45, 7) is 0.987. The Kier molecular flexibility index (Phi) is 5.13. The molecule has 122 valence electrons. The minimum Gasteiger partial charge on any atom is -0.491 e. The minimum absolute atomic E-state index is 0.0777. The van der Waals surface area contributed by atoms with Gasteiger partial charge in [-0.05, 0) is 30.2 Å². The molecule has 0 unspecified atom stereocenters. The maximum atomic E-state index is 11.9. The zero-order valence-electron chi connectivity index (χ0n) is 13.3. The number of hydrogen-bond acceptors (Lipinski definition) is 3. The zero-order chi connectivity index (χ0) is 16.1. The fourth-order valence-corrected chi connectivity index (χ4v) is 3.30. The van der Waals surface area contributed by atoms with Crippen LogP contribution in [-0.2, 0) is 4.79 Å². The maximum Gasteiger partial charge on any atom is 0.220 e. The monoisotopic (exact) mass is 312 g/mol. The van der Waals surface area contributed by atoms with Crippen LogP contribution in [0, 0.1) is 5.92 Å². The summed E-state index contributed by atoms with van der Waals surface area (Å²) in [5.41, 5.74) is 6.01. The van der Waals surface area contributed by atoms with E-state index >= 15 is 0 Å². The molecule has 2 aromatic carbocycles. The molecule has 3 rings (SSSR count). The average molecular weight is 312 g/mol. The van der Waals surface area contributed by atoms with Crippen LogP contribution in [0.15, 0.2) is 42.5 Å². The molecular formula is C19H24N2O2. The normalized spacial score (nSPS) is 20.6. The number of carbonyl (C=O) groups is 1. The molecule has 1 aliphatic carbocycles. The molecule has 0 aliphatic heterocycles. The molecule has 0 bridgehead atoms. The molecule has 1 aliphatic rings. The second-order valence-electron chi connectivity index (χ2n) is 6.23. The van der Waals surface area contributed by atoms with Crippen molar-refractivity contribution < 1.29 is 9.53 Å². The van der Waals surface area contributed by atoms with Crippen molar-refractivity contribution >= 4 is 16.7 Å². The van der Waals surface area contributed by atoms with Crippen LogP contribution in [0.2, 0.25) is 0 Å². The highest BCUT2D eigenvalue weighted by molar-refractivity contribution is 5.88. The molecule has 1 fully saturated rings. The highest BCUT2D eigenvalue weighted by atomic mass is 16.5. The summed E-state index contributed by atoms with van der Waals surface area (Å²) in [5, 5.41) is 5.18. The lowest BCUT2D eigenvalue weighted by Crippen LogP contribution is -2.33. The molecule has 0 heterocycles. The van der Waals surface area contributed by atoms with Gasteiger partial charge in [0, 0.05) is 17.8 Å². The Bertz CT molecular complexity index is 666. The van der Waals surface area contributed by atoms with E-state index in [0.29, 0.717) is 25.5 Å². The van der Waals surface area contributed by atoms with Crippen molar-refractivity contribution in [1.82, 2.24) is 5.32 Å². The van der Waals surface area contributed by atoms with E-state index in [1.165, 1.54) is 0 Å². The van der Waals surface area contributed by atoms with Gasteiger partial charge in [0.05, 0.1) is 6.54 Å². The van der Waals surface area contributed by atoms with Crippen molar-refractivity contribution in [3.8, 4) is 5.75 Å². The number of benzene rings is 2. The number of rotatable bonds is 6. The third-order valence-electron chi connectivity index (χ3n) is 4.60. The summed E-state index contributed by atoms with van der Waals surface area (Å²) >= 11 is 0. The Balaban J connectivity index is 1.45. The Hall–Kier alpha value is -2.07. The van der Waals surface area contributed by atoms with Gasteiger partial charge in [-0.2, -0.15) is 0 Å². The fraction of sp³-hybridized carbons (Fsp3) is 0.421. The Morgan fingerprint density at radius 3 is 2.83 bits per heavy atom. The zero-order valence-corrected chi connectivity index (χ0v) is 13.3. The number of ether oxygens (including phenoxy) is 1. The first-order valence-electron chi connectivity index (χ1n) is 8.37. The van der Waals surface area contributed by atoms with Crippen LogP contribution < -0.4 is 15.8 Å². The number of nitrogens with one attached hydrogen (secondary N) is 1. The Morgan fingerprint density at radius 2 is 2.00 bits per heavy atom. The summed E-state index contributed by atoms with van der Waals surface area (Å²) < 4.78 is 5.82. The SMILES string of the molecule is N[C@@H]1CCC[C@H]1CC(=O)NCCOc1cccc2ccccc12. The van der Waals surface area contributed by atoms with E-state index < -0.39 is 0 Å². The predicted octanol–water partition coefficient (Wildman–Crippen LogP) is 2.85. The van der Waals surface area contributed by atoms with Crippen molar-refractivity contribution in [2.24, 2.45) is 11.7 Å². The van der Waals surface area contributed by atoms with Gasteiger partial charge in [-0.15, -0.1) is 0 Å². The number of nitrogens with two attached hydrogens (primary N) is 1. The molecule has 2 atom stereocenters. The molecule has 1 saturated carbocycles. The van der Waals surface area contributed by atoms with E-state index in [1.54, 1.807) is 0 Å². The van der Waals surface area contributed by atoms with Gasteiger partial charge < -0.3 is 15.8 Å². The number of hydrogen-bond donors (Lipinski definition) is 2. The lowest BCUT2D eigenvalue weighted by Gasteiger charge is -2.15. The van der Waals surface area contributed by atoms with Gasteiger partial charge >= 0.3 is 0 Å². The van der Waals surface area contributed by atoms with Crippen molar-refractivity contribution in [3.05, 3.63) is 42.5 Å². The first-order chi connectivity index (χ1) is 11.2. The summed E-state index contributed by atoms with van der Waals surface area (Å²) in [6.07, 6.45) is 3.79. The van der Waals surface area contributed by atoms with Crippen LogP contribution >= 0.6 is 0 Å². The van der Waals surface area contributed by atoms with Gasteiger partial charge in [0.25, 0.3) is 0 Å². The van der Waals surface area contributed by atoms with Crippen molar-refractivity contribution in [2.45, 2.75) is 31.7 Å². The molecule has 0 aromatic heterocycles. The topological polar surface area (TPSA) is 64.4 Å². The molecule has 4 nitrogen and oxygen atoms in total. The molecule has 0 saturated heterocycles. The van der Waals surface area contributed by atoms with Gasteiger partial charge in [0.1, 0.15) is 12.4 Å². The standard InChI is InChI=1S/C19H24N2O2/c20-17-9-3-7-15(17)13-19(22)21-11-12-23-18-10-4-6-14-5-1-2-8-16(14)18/h1-2,4-6,8,10,15,17H,3,7,9,11-13,20H2,(H,21,22)/t15-,17+/m0/s1. The van der Waals surface area contributed by atoms with E-state index in [1.807, 2.05) is 30.3 Å². The average Bonchev–Trinajstić information content (AvgIpc) is 2.96. The molecule has 4 heteroatoms. The summed E-state index contributed by atoms with van der Waals surface area (Å²) in [5.74, 6) is 1.28. The molecule has 0 radical (unpaired) electrons. The number of carbonyl (C=O) groups excluding carboxylic acids is 1. The first-order valence-corrected chi connectivity index (χ1v) is 8.37. The van der Waals surface area contributed by atoms with Crippen LogP contribution in [-0.4, -0.2) is 25.1 Å². The summed E-state index contributed by atoms with van der Waals surface area (Å²) in [7, 11) is 0. The second-order valence-corrected chi connectivity index (χ2v) is 6.23. The van der Waals surface area contributed by atoms with E-state index in [0.717, 1.165) is 35.8 Å². The second kappa shape index (κ2) is 7.47. The van der Waals surface area contributed by atoms with E-state index in [2.05, 4.69) is 17.4 Å². The van der Waals surface area contributed by atoms with E-state index in [4.69, 9.17) is 10.5 Å². The molecule has 23 heavy (non-hydrogen) atoms. The molecule has 3 N–H and O–H groups in total. The van der Waals surface area contributed by atoms with Crippen LogP contribution in [0.5, 0.6) is 5.75 Å². The maximum absolute atomic E-state index is 11.9. The summed E-state index contributed by atoms with van der Waals surface area (Å²) in [4.78, 5) is 11.9. The minimum atomic E-state index is 0.0777. The Labute approximate surface area is 137 Å². The van der Waals surface area contributed by atoms with Crippen LogP contribution in [0.1, 0.15) is 25.7 Å². The third-order valence-corrected chi connectivity index (χ3v) is 4.60. The molecule has 2 aromatic rings. The van der Waals surface area contributed by atoms with Gasteiger partial charge in [0.2, 0.25) is 5.91 Å². The van der Waals surface area contributed by atoms with Crippen LogP contribution in [0.25, 0.3) is 10.8 Å². The smallest absolute Gasteiger partial charge is 0.220 e. The fourth-order valence-electron chi connectivity index (χ4n) is 3.30. The lowest BCUT2D eigenvalue weighted by atomic mass is 10.00. The molecule has 0 spiro atoms. The summed E-state index contributed by atoms with van der Waals surface area (Å²) in [6, 6.07) is 14.3. The third kappa shape index (κ3) is 4.02. The molecule has 1 amide bonds. The Morgan fingerprint density at radius 1 is 1.17 bits per heavy atom. The van der Waals surface area contributed by atoms with E-state index in [-0.39, 0.29) is 11.9 Å². The van der Waals surface area contributed by atoms with Crippen LogP contribution in [0.4, 0.5) is 0 Å². The van der Waals surface area contributed by atoms with Crippen LogP contribution in [0.3, 0.4) is 0 Å². The van der Waals surface area contributed by atoms with E-state index in [9.17, 15) is 4.79 Å².